The summed E-state index contributed by atoms with van der Waals surface area (Å²) >= 11 is 2.03. The van der Waals surface area contributed by atoms with E-state index in [4.69, 9.17) is 0 Å². The van der Waals surface area contributed by atoms with Gasteiger partial charge in [0.05, 0.1) is 11.4 Å². The van der Waals surface area contributed by atoms with Crippen molar-refractivity contribution in [2.24, 2.45) is 0 Å². The number of thiophene rings is 1. The van der Waals surface area contributed by atoms with Gasteiger partial charge in [-0.05, 0) is 196 Å². The molecule has 0 fully saturated rings. The predicted octanol–water partition coefficient (Wildman–Crippen LogP) is 21.1. The van der Waals surface area contributed by atoms with Crippen molar-refractivity contribution in [2.45, 2.75) is 214 Å². The number of nitrogens with zero attached hydrogens (tertiary/aromatic N) is 2. The summed E-state index contributed by atoms with van der Waals surface area (Å²) in [7, 11) is 0. The van der Waals surface area contributed by atoms with Crippen molar-refractivity contribution < 1.29 is 0 Å². The van der Waals surface area contributed by atoms with E-state index in [0.29, 0.717) is 0 Å². The largest absolute Gasteiger partial charge is 0.311 e. The van der Waals surface area contributed by atoms with Gasteiger partial charge in [0.1, 0.15) is 0 Å². The lowest BCUT2D eigenvalue weighted by Gasteiger charge is -2.50. The molecule has 8 aromatic carbocycles. The molecule has 87 heavy (non-hydrogen) atoms. The highest BCUT2D eigenvalue weighted by Gasteiger charge is 2.52. The second-order valence-corrected chi connectivity index (χ2v) is 34.9. The molecule has 9 aromatic rings. The lowest BCUT2D eigenvalue weighted by Crippen LogP contribution is -2.61. The quantitative estimate of drug-likeness (QED) is 0.163. The Labute approximate surface area is 527 Å². The molecule has 444 valence electrons. The van der Waals surface area contributed by atoms with Crippen LogP contribution in [0.2, 0.25) is 0 Å². The Hall–Kier alpha value is -6.62. The Morgan fingerprint density at radius 3 is 1.45 bits per heavy atom. The van der Waals surface area contributed by atoms with Gasteiger partial charge >= 0.3 is 0 Å². The van der Waals surface area contributed by atoms with Gasteiger partial charge in [-0.25, -0.2) is 0 Å². The zero-order valence-corrected chi connectivity index (χ0v) is 57.4. The standard InChI is InChI=1S/C83H93BN2S/c1-48-39-69-72-70(40-48)86(67-35-31-51(76(5,6)7)41-54(67)49-27-29-50(30-28-49)75(2,3)4)68-47-65-64(82(19,20)62-44-60-61(45-63(62)83(65,21)22)81(17,18)58-26-24-23-25-57(58)80(60,15)16)46-66(68)84(72)74-73(55-42-52(77(8,9)10)32-36-71(55)87-74)85(69)53-33-34-56-59(43-53)79(13,14)38-37-78(56,11)12/h23-36,39-47H,37-38H2,1-22H3. The molecule has 2 aliphatic heterocycles. The molecular weight excluding hydrogens is 1070 g/mol. The van der Waals surface area contributed by atoms with Crippen LogP contribution in [-0.2, 0) is 48.7 Å². The zero-order valence-electron chi connectivity index (χ0n) is 56.6. The molecule has 14 rings (SSSR count). The summed E-state index contributed by atoms with van der Waals surface area (Å²) in [5.74, 6) is 0. The fourth-order valence-corrected chi connectivity index (χ4v) is 18.1. The van der Waals surface area contributed by atoms with Crippen molar-refractivity contribution in [1.29, 1.82) is 0 Å². The summed E-state index contributed by atoms with van der Waals surface area (Å²) in [6, 6.07) is 57.2. The SMILES string of the molecule is Cc1cc2c3c(c1)N(c1ccc4c(c1)C(C)(C)CCC4(C)C)c1c(sc4ccc(C(C)(C)C)cc14)B3c1cc3c(cc1N2c1ccc(C(C)(C)C)cc1-c1ccc(C(C)(C)C)cc1)C(C)(C)c1cc2c(cc1C3(C)C)C(C)(C)c1ccccc1C2(C)C. The molecule has 0 N–H and O–H groups in total. The van der Waals surface area contributed by atoms with Crippen LogP contribution in [0.5, 0.6) is 0 Å². The van der Waals surface area contributed by atoms with Crippen LogP contribution in [0.1, 0.15) is 236 Å². The predicted molar refractivity (Wildman–Crippen MR) is 379 cm³/mol. The van der Waals surface area contributed by atoms with Gasteiger partial charge < -0.3 is 9.80 Å². The number of benzene rings is 8. The Bertz CT molecular complexity index is 4410. The topological polar surface area (TPSA) is 6.48 Å². The number of hydrogen-bond donors (Lipinski definition) is 0. The molecule has 0 saturated carbocycles. The average Bonchev–Trinajstić information content (AvgIpc) is 1.53. The second kappa shape index (κ2) is 18.3. The van der Waals surface area contributed by atoms with Crippen molar-refractivity contribution in [3.05, 3.63) is 217 Å². The Kier molecular flexibility index (Phi) is 12.2. The number of hydrogen-bond acceptors (Lipinski definition) is 3. The van der Waals surface area contributed by atoms with Crippen LogP contribution in [-0.4, -0.2) is 6.71 Å². The third-order valence-corrected chi connectivity index (χ3v) is 23.8. The minimum atomic E-state index is -0.336. The highest BCUT2D eigenvalue weighted by Crippen LogP contribution is 2.59. The summed E-state index contributed by atoms with van der Waals surface area (Å²) in [5, 5.41) is 1.35. The first kappa shape index (κ1) is 58.1. The second-order valence-electron chi connectivity index (χ2n) is 33.8. The van der Waals surface area contributed by atoms with Gasteiger partial charge in [0.15, 0.2) is 0 Å². The fourth-order valence-electron chi connectivity index (χ4n) is 16.8. The molecule has 0 atom stereocenters. The van der Waals surface area contributed by atoms with Crippen molar-refractivity contribution in [1.82, 2.24) is 0 Å². The van der Waals surface area contributed by atoms with Crippen molar-refractivity contribution in [2.75, 3.05) is 9.80 Å². The molecule has 0 unspecified atom stereocenters. The first-order chi connectivity index (χ1) is 40.4. The summed E-state index contributed by atoms with van der Waals surface area (Å²) in [6.07, 6.45) is 2.35. The third kappa shape index (κ3) is 8.37. The Balaban J connectivity index is 1.10. The van der Waals surface area contributed by atoms with E-state index in [-0.39, 0.29) is 55.4 Å². The molecule has 0 saturated heterocycles. The van der Waals surface area contributed by atoms with Crippen LogP contribution in [0, 0.1) is 6.92 Å². The first-order valence-electron chi connectivity index (χ1n) is 32.6. The Morgan fingerprint density at radius 2 is 0.885 bits per heavy atom. The van der Waals surface area contributed by atoms with E-state index in [2.05, 4.69) is 302 Å². The molecule has 3 aliphatic carbocycles. The van der Waals surface area contributed by atoms with Crippen LogP contribution in [0.3, 0.4) is 0 Å². The van der Waals surface area contributed by atoms with Crippen LogP contribution in [0.4, 0.5) is 34.1 Å². The zero-order chi connectivity index (χ0) is 62.2. The van der Waals surface area contributed by atoms with E-state index in [0.717, 1.165) is 6.42 Å². The minimum absolute atomic E-state index is 0.0275. The van der Waals surface area contributed by atoms with Crippen molar-refractivity contribution >= 4 is 78.0 Å². The highest BCUT2D eigenvalue weighted by atomic mass is 32.1. The van der Waals surface area contributed by atoms with Crippen LogP contribution < -0.4 is 25.5 Å². The average molecular weight is 1160 g/mol. The van der Waals surface area contributed by atoms with E-state index >= 15 is 0 Å². The summed E-state index contributed by atoms with van der Waals surface area (Å²) in [5.41, 5.74) is 31.8. The first-order valence-corrected chi connectivity index (χ1v) is 33.5. The smallest absolute Gasteiger partial charge is 0.264 e. The maximum absolute atomic E-state index is 2.75. The Morgan fingerprint density at radius 1 is 0.402 bits per heavy atom. The van der Waals surface area contributed by atoms with Crippen LogP contribution in [0.25, 0.3) is 21.2 Å². The third-order valence-electron chi connectivity index (χ3n) is 22.5. The van der Waals surface area contributed by atoms with E-state index in [9.17, 15) is 0 Å². The molecule has 5 aliphatic rings. The fraction of sp³-hybridized carbons (Fsp3) is 0.398. The van der Waals surface area contributed by atoms with Gasteiger partial charge in [0.2, 0.25) is 0 Å². The highest BCUT2D eigenvalue weighted by molar-refractivity contribution is 7.33. The normalized spacial score (nSPS) is 18.6. The summed E-state index contributed by atoms with van der Waals surface area (Å²) in [6.45, 7) is 53.4. The lowest BCUT2D eigenvalue weighted by atomic mass is 9.35. The van der Waals surface area contributed by atoms with Gasteiger partial charge in [-0.2, -0.15) is 0 Å². The van der Waals surface area contributed by atoms with Crippen LogP contribution >= 0.6 is 11.3 Å². The molecule has 4 heteroatoms. The maximum Gasteiger partial charge on any atom is 0.264 e. The maximum atomic E-state index is 2.75. The van der Waals surface area contributed by atoms with Crippen LogP contribution in [0.15, 0.2) is 140 Å². The number of anilines is 6. The molecule has 0 spiro atoms. The van der Waals surface area contributed by atoms with Gasteiger partial charge in [0.25, 0.3) is 6.71 Å². The molecule has 1 aromatic heterocycles. The monoisotopic (exact) mass is 1160 g/mol. The van der Waals surface area contributed by atoms with Crippen molar-refractivity contribution in [3.8, 4) is 11.1 Å². The molecule has 3 heterocycles. The van der Waals surface area contributed by atoms with E-state index < -0.39 is 0 Å². The molecule has 0 amide bonds. The number of aryl methyl sites for hydroxylation is 1. The molecular formula is C83H93BN2S. The lowest BCUT2D eigenvalue weighted by molar-refractivity contribution is 0.332. The molecule has 2 nitrogen and oxygen atoms in total. The van der Waals surface area contributed by atoms with E-state index in [1.807, 2.05) is 11.3 Å². The van der Waals surface area contributed by atoms with Crippen molar-refractivity contribution in [3.63, 3.8) is 0 Å². The number of rotatable bonds is 3. The summed E-state index contributed by atoms with van der Waals surface area (Å²) < 4.78 is 2.77. The van der Waals surface area contributed by atoms with Gasteiger partial charge in [0, 0.05) is 64.8 Å². The van der Waals surface area contributed by atoms with Gasteiger partial charge in [-0.3, -0.25) is 0 Å². The van der Waals surface area contributed by atoms with E-state index in [1.165, 1.54) is 155 Å². The minimum Gasteiger partial charge on any atom is -0.311 e. The summed E-state index contributed by atoms with van der Waals surface area (Å²) in [4.78, 5) is 5.49. The van der Waals surface area contributed by atoms with Gasteiger partial charge in [-0.15, -0.1) is 11.3 Å². The van der Waals surface area contributed by atoms with Gasteiger partial charge in [-0.1, -0.05) is 230 Å². The molecule has 0 radical (unpaired) electrons. The van der Waals surface area contributed by atoms with E-state index in [1.54, 1.807) is 0 Å². The molecule has 0 bridgehead atoms. The number of fused-ring (bicyclic) bond motifs is 11.